The van der Waals surface area contributed by atoms with Crippen LogP contribution in [0.25, 0.3) is 0 Å². The summed E-state index contributed by atoms with van der Waals surface area (Å²) in [5.74, 6) is 0.217. The van der Waals surface area contributed by atoms with Crippen molar-refractivity contribution >= 4 is 0 Å². The van der Waals surface area contributed by atoms with Crippen LogP contribution in [0.5, 0.6) is 0 Å². The van der Waals surface area contributed by atoms with Gasteiger partial charge in [-0.1, -0.05) is 6.92 Å². The molecular weight excluding hydrogens is 259 g/mol. The molecule has 112 valence electrons. The largest absolute Gasteiger partial charge is 0.396 e. The van der Waals surface area contributed by atoms with Crippen LogP contribution in [0.15, 0.2) is 18.3 Å². The molecule has 3 unspecified atom stereocenters. The van der Waals surface area contributed by atoms with Gasteiger partial charge >= 0.3 is 0 Å². The highest BCUT2D eigenvalue weighted by molar-refractivity contribution is 5.09. The van der Waals surface area contributed by atoms with Crippen molar-refractivity contribution in [2.24, 2.45) is 11.8 Å². The van der Waals surface area contributed by atoms with E-state index in [1.165, 1.54) is 12.1 Å². The molecule has 1 fully saturated rings. The second-order valence-electron chi connectivity index (χ2n) is 5.75. The van der Waals surface area contributed by atoms with Crippen LogP contribution in [0, 0.1) is 17.7 Å². The first kappa shape index (κ1) is 15.4. The van der Waals surface area contributed by atoms with E-state index in [1.54, 1.807) is 0 Å². The lowest BCUT2D eigenvalue weighted by molar-refractivity contribution is 0.0895. The van der Waals surface area contributed by atoms with Crippen LogP contribution in [0.3, 0.4) is 0 Å². The number of likely N-dealkylation sites (tertiary alicyclic amines) is 1. The van der Waals surface area contributed by atoms with E-state index in [9.17, 15) is 9.50 Å². The monoisotopic (exact) mass is 282 g/mol. The van der Waals surface area contributed by atoms with Crippen molar-refractivity contribution in [1.82, 2.24) is 9.88 Å². The predicted octanol–water partition coefficient (Wildman–Crippen LogP) is 1.59. The van der Waals surface area contributed by atoms with Crippen LogP contribution in [-0.4, -0.2) is 46.3 Å². The van der Waals surface area contributed by atoms with Gasteiger partial charge in [0.1, 0.15) is 5.82 Å². The summed E-state index contributed by atoms with van der Waals surface area (Å²) >= 11 is 0. The lowest BCUT2D eigenvalue weighted by Crippen LogP contribution is -2.29. The van der Waals surface area contributed by atoms with Crippen molar-refractivity contribution in [3.8, 4) is 0 Å². The molecule has 0 aromatic carbocycles. The van der Waals surface area contributed by atoms with Gasteiger partial charge in [0, 0.05) is 25.6 Å². The lowest BCUT2D eigenvalue weighted by atomic mass is 10.0. The number of nitrogens with zero attached hydrogens (tertiary/aromatic N) is 2. The minimum absolute atomic E-state index is 0.0424. The van der Waals surface area contributed by atoms with Gasteiger partial charge in [-0.3, -0.25) is 4.98 Å². The zero-order valence-electron chi connectivity index (χ0n) is 11.9. The van der Waals surface area contributed by atoms with Crippen LogP contribution in [0.4, 0.5) is 4.39 Å². The molecule has 0 bridgehead atoms. The highest BCUT2D eigenvalue weighted by atomic mass is 19.1. The van der Waals surface area contributed by atoms with E-state index >= 15 is 0 Å². The maximum Gasteiger partial charge on any atom is 0.141 e. The Labute approximate surface area is 119 Å². The molecule has 0 spiro atoms. The number of hydrogen-bond acceptors (Lipinski definition) is 4. The quantitative estimate of drug-likeness (QED) is 0.832. The van der Waals surface area contributed by atoms with Gasteiger partial charge in [-0.2, -0.15) is 0 Å². The Balaban J connectivity index is 1.85. The molecule has 0 aliphatic carbocycles. The van der Waals surface area contributed by atoms with Gasteiger partial charge in [0.15, 0.2) is 0 Å². The highest BCUT2D eigenvalue weighted by Gasteiger charge is 2.26. The molecule has 0 amide bonds. The van der Waals surface area contributed by atoms with Gasteiger partial charge in [0.25, 0.3) is 0 Å². The van der Waals surface area contributed by atoms with Crippen LogP contribution in [0.2, 0.25) is 0 Å². The predicted molar refractivity (Wildman–Crippen MR) is 74.6 cm³/mol. The van der Waals surface area contributed by atoms with Gasteiger partial charge in [0.2, 0.25) is 0 Å². The Morgan fingerprint density at radius 1 is 1.50 bits per heavy atom. The molecular formula is C15H23FN2O2. The molecule has 1 aromatic heterocycles. The summed E-state index contributed by atoms with van der Waals surface area (Å²) < 4.78 is 12.8. The number of aromatic nitrogens is 1. The zero-order chi connectivity index (χ0) is 14.5. The van der Waals surface area contributed by atoms with Gasteiger partial charge in [-0.05, 0) is 37.4 Å². The molecule has 3 atom stereocenters. The lowest BCUT2D eigenvalue weighted by Gasteiger charge is -2.24. The maximum absolute atomic E-state index is 12.8. The molecule has 1 aliphatic rings. The summed E-state index contributed by atoms with van der Waals surface area (Å²) in [6.07, 6.45) is 2.43. The smallest absolute Gasteiger partial charge is 0.141 e. The van der Waals surface area contributed by atoms with Crippen LogP contribution < -0.4 is 0 Å². The summed E-state index contributed by atoms with van der Waals surface area (Å²) in [5.41, 5.74) is 0.519. The SMILES string of the molecule is CC(CN1CCC(CCO)C1)C(O)c1ccc(F)cn1. The molecule has 5 heteroatoms. The third kappa shape index (κ3) is 3.98. The Morgan fingerprint density at radius 3 is 2.95 bits per heavy atom. The van der Waals surface area contributed by atoms with Gasteiger partial charge in [-0.25, -0.2) is 4.39 Å². The summed E-state index contributed by atoms with van der Waals surface area (Å²) in [5, 5.41) is 19.2. The van der Waals surface area contributed by atoms with Crippen molar-refractivity contribution in [3.05, 3.63) is 29.8 Å². The second-order valence-corrected chi connectivity index (χ2v) is 5.75. The van der Waals surface area contributed by atoms with Crippen molar-refractivity contribution in [2.45, 2.75) is 25.9 Å². The fourth-order valence-corrected chi connectivity index (χ4v) is 2.86. The van der Waals surface area contributed by atoms with Crippen molar-refractivity contribution in [3.63, 3.8) is 0 Å². The molecule has 2 heterocycles. The number of rotatable bonds is 6. The van der Waals surface area contributed by atoms with E-state index in [-0.39, 0.29) is 18.3 Å². The fraction of sp³-hybridized carbons (Fsp3) is 0.667. The van der Waals surface area contributed by atoms with Crippen LogP contribution in [-0.2, 0) is 0 Å². The van der Waals surface area contributed by atoms with Crippen molar-refractivity contribution < 1.29 is 14.6 Å². The van der Waals surface area contributed by atoms with E-state index in [4.69, 9.17) is 5.11 Å². The summed E-state index contributed by atoms with van der Waals surface area (Å²) in [6, 6.07) is 2.86. The number of pyridine rings is 1. The topological polar surface area (TPSA) is 56.6 Å². The van der Waals surface area contributed by atoms with Crippen molar-refractivity contribution in [2.75, 3.05) is 26.2 Å². The molecule has 2 rings (SSSR count). The molecule has 1 aliphatic heterocycles. The summed E-state index contributed by atoms with van der Waals surface area (Å²) in [7, 11) is 0. The van der Waals surface area contributed by atoms with E-state index in [1.807, 2.05) is 6.92 Å². The number of aliphatic hydroxyl groups excluding tert-OH is 2. The third-order valence-electron chi connectivity index (χ3n) is 4.05. The molecule has 20 heavy (non-hydrogen) atoms. The number of aliphatic hydroxyl groups is 2. The van der Waals surface area contributed by atoms with Gasteiger partial charge < -0.3 is 15.1 Å². The first-order valence-corrected chi connectivity index (χ1v) is 7.23. The first-order valence-electron chi connectivity index (χ1n) is 7.23. The van der Waals surface area contributed by atoms with E-state index in [2.05, 4.69) is 9.88 Å². The van der Waals surface area contributed by atoms with Crippen LogP contribution >= 0.6 is 0 Å². The molecule has 0 radical (unpaired) electrons. The Hall–Kier alpha value is -1.04. The average molecular weight is 282 g/mol. The highest BCUT2D eigenvalue weighted by Crippen LogP contribution is 2.25. The number of hydrogen-bond donors (Lipinski definition) is 2. The number of halogens is 1. The van der Waals surface area contributed by atoms with Gasteiger partial charge in [-0.15, -0.1) is 0 Å². The normalized spacial score (nSPS) is 22.9. The standard InChI is InChI=1S/C15H23FN2O2/c1-11(9-18-6-4-12(10-18)5-7-19)15(20)14-3-2-13(16)8-17-14/h2-3,8,11-12,15,19-20H,4-7,9-10H2,1H3. The third-order valence-corrected chi connectivity index (χ3v) is 4.05. The Morgan fingerprint density at radius 2 is 2.30 bits per heavy atom. The minimum atomic E-state index is -0.674. The zero-order valence-corrected chi connectivity index (χ0v) is 11.9. The van der Waals surface area contributed by atoms with Gasteiger partial charge in [0.05, 0.1) is 18.0 Å². The average Bonchev–Trinajstić information content (AvgIpc) is 2.86. The maximum atomic E-state index is 12.8. The molecule has 1 saturated heterocycles. The second kappa shape index (κ2) is 7.11. The summed E-state index contributed by atoms with van der Waals surface area (Å²) in [6.45, 7) is 5.01. The van der Waals surface area contributed by atoms with Crippen molar-refractivity contribution in [1.29, 1.82) is 0 Å². The van der Waals surface area contributed by atoms with Crippen LogP contribution in [0.1, 0.15) is 31.6 Å². The van der Waals surface area contributed by atoms with E-state index in [0.717, 1.165) is 38.7 Å². The molecule has 2 N–H and O–H groups in total. The fourth-order valence-electron chi connectivity index (χ4n) is 2.86. The molecule has 4 nitrogen and oxygen atoms in total. The Bertz CT molecular complexity index is 413. The van der Waals surface area contributed by atoms with E-state index in [0.29, 0.717) is 11.6 Å². The summed E-state index contributed by atoms with van der Waals surface area (Å²) in [4.78, 5) is 6.26. The van der Waals surface area contributed by atoms with E-state index < -0.39 is 6.10 Å². The minimum Gasteiger partial charge on any atom is -0.396 e. The first-order chi connectivity index (χ1) is 9.60. The molecule has 0 saturated carbocycles. The molecule has 1 aromatic rings. The Kier molecular flexibility index (Phi) is 5.46.